The van der Waals surface area contributed by atoms with Crippen LogP contribution in [0.2, 0.25) is 0 Å². The molecule has 1 aliphatic carbocycles. The summed E-state index contributed by atoms with van der Waals surface area (Å²) in [7, 11) is 0. The second-order valence-electron chi connectivity index (χ2n) is 5.60. The van der Waals surface area contributed by atoms with Crippen molar-refractivity contribution < 1.29 is 70.2 Å². The quantitative estimate of drug-likeness (QED) is 0.383. The molecule has 0 aromatic carbocycles. The molecule has 0 nitrogen and oxygen atoms in total. The van der Waals surface area contributed by atoms with Crippen molar-refractivity contribution in [3.63, 3.8) is 0 Å². The molecule has 0 spiro atoms. The van der Waals surface area contributed by atoms with E-state index < -0.39 is 59.9 Å². The average molecular weight is 465 g/mol. The Balaban J connectivity index is 3.51. The molecule has 1 atom stereocenters. The first kappa shape index (κ1) is 25.4. The van der Waals surface area contributed by atoms with Gasteiger partial charge in [-0.05, 0) is 12.5 Å². The normalized spacial score (nSPS) is 18.8. The van der Waals surface area contributed by atoms with E-state index in [0.29, 0.717) is 6.08 Å². The lowest BCUT2D eigenvalue weighted by Crippen LogP contribution is -2.72. The van der Waals surface area contributed by atoms with Gasteiger partial charge in [0.05, 0.1) is 0 Å². The van der Waals surface area contributed by atoms with Gasteiger partial charge in [-0.15, -0.1) is 0 Å². The minimum absolute atomic E-state index is 0.130. The Morgan fingerprint density at radius 3 is 1.41 bits per heavy atom. The van der Waals surface area contributed by atoms with E-state index in [9.17, 15) is 70.2 Å². The van der Waals surface area contributed by atoms with E-state index in [1.165, 1.54) is 6.08 Å². The molecular formula is C13H5F16. The maximum Gasteiger partial charge on any atom is 0.460 e. The van der Waals surface area contributed by atoms with Crippen LogP contribution in [0.25, 0.3) is 0 Å². The molecule has 0 aliphatic heterocycles. The number of hydrogen-bond donors (Lipinski definition) is 0. The molecule has 16 heteroatoms. The molecule has 169 valence electrons. The standard InChI is InChI=1S/C13H5F16/c14-6(7(15,16)5-3-1-2-4-5)8(17,18)9(19,20)10(21,22)11(23,24)12(25,26)13(27,28)29/h1,3,6H,2H2. The number of rotatable bonds is 7. The third kappa shape index (κ3) is 3.35. The largest absolute Gasteiger partial charge is 0.460 e. The van der Waals surface area contributed by atoms with Crippen LogP contribution in [0.15, 0.2) is 17.7 Å². The number of hydrogen-bond acceptors (Lipinski definition) is 0. The van der Waals surface area contributed by atoms with Gasteiger partial charge in [0.2, 0.25) is 6.17 Å². The van der Waals surface area contributed by atoms with Gasteiger partial charge in [-0.1, -0.05) is 12.2 Å². The van der Waals surface area contributed by atoms with E-state index in [2.05, 4.69) is 0 Å². The minimum atomic E-state index is -8.34. The van der Waals surface area contributed by atoms with Crippen LogP contribution in [0.3, 0.4) is 0 Å². The zero-order valence-electron chi connectivity index (χ0n) is 13.0. The number of alkyl halides is 16. The molecule has 0 fully saturated rings. The lowest BCUT2D eigenvalue weighted by Gasteiger charge is -2.41. The van der Waals surface area contributed by atoms with Gasteiger partial charge < -0.3 is 0 Å². The van der Waals surface area contributed by atoms with Crippen LogP contribution in [-0.4, -0.2) is 47.9 Å². The minimum Gasteiger partial charge on any atom is -0.233 e. The zero-order valence-corrected chi connectivity index (χ0v) is 13.0. The van der Waals surface area contributed by atoms with E-state index in [1.54, 1.807) is 0 Å². The SMILES string of the molecule is FC(C(F)(F)C1=[C]CC=C1)C(F)(F)C(F)(F)C(F)(F)C(F)(F)C(F)(F)C(F)(F)F. The maximum atomic E-state index is 13.6. The van der Waals surface area contributed by atoms with Crippen LogP contribution in [0, 0.1) is 6.08 Å². The predicted octanol–water partition coefficient (Wildman–Crippen LogP) is 6.39. The highest BCUT2D eigenvalue weighted by atomic mass is 19.4. The molecule has 0 amide bonds. The summed E-state index contributed by atoms with van der Waals surface area (Å²) in [5.74, 6) is -46.1. The Hall–Kier alpha value is -1.64. The van der Waals surface area contributed by atoms with Gasteiger partial charge in [0.25, 0.3) is 0 Å². The van der Waals surface area contributed by atoms with Crippen molar-refractivity contribution in [3.8, 4) is 0 Å². The molecule has 0 heterocycles. The molecule has 0 aromatic rings. The van der Waals surface area contributed by atoms with Crippen molar-refractivity contribution >= 4 is 0 Å². The van der Waals surface area contributed by atoms with Crippen molar-refractivity contribution in [1.82, 2.24) is 0 Å². The monoisotopic (exact) mass is 465 g/mol. The summed E-state index contributed by atoms with van der Waals surface area (Å²) in [4.78, 5) is 0. The summed E-state index contributed by atoms with van der Waals surface area (Å²) in [6.45, 7) is 0. The summed E-state index contributed by atoms with van der Waals surface area (Å²) in [6, 6.07) is 0. The maximum absolute atomic E-state index is 13.6. The van der Waals surface area contributed by atoms with E-state index in [0.717, 1.165) is 0 Å². The summed E-state index contributed by atoms with van der Waals surface area (Å²) in [6.07, 6.45) is -11.7. The van der Waals surface area contributed by atoms with Crippen LogP contribution < -0.4 is 0 Å². The predicted molar refractivity (Wildman–Crippen MR) is 61.1 cm³/mol. The fraction of sp³-hybridized carbons (Fsp3) is 0.692. The molecule has 1 unspecified atom stereocenters. The molecule has 0 saturated carbocycles. The van der Waals surface area contributed by atoms with E-state index >= 15 is 0 Å². The van der Waals surface area contributed by atoms with Crippen LogP contribution in [0.5, 0.6) is 0 Å². The number of allylic oxidation sites excluding steroid dienone is 4. The molecule has 1 rings (SSSR count). The second-order valence-corrected chi connectivity index (χ2v) is 5.60. The highest BCUT2D eigenvalue weighted by Crippen LogP contribution is 2.62. The first-order valence-corrected chi connectivity index (χ1v) is 6.76. The van der Waals surface area contributed by atoms with Crippen LogP contribution in [-0.2, 0) is 0 Å². The molecule has 1 aliphatic rings. The van der Waals surface area contributed by atoms with Crippen molar-refractivity contribution in [3.05, 3.63) is 23.8 Å². The highest BCUT2D eigenvalue weighted by Gasteiger charge is 2.92. The fourth-order valence-electron chi connectivity index (χ4n) is 1.94. The van der Waals surface area contributed by atoms with Crippen molar-refractivity contribution in [1.29, 1.82) is 0 Å². The van der Waals surface area contributed by atoms with E-state index in [4.69, 9.17) is 0 Å². The number of halogens is 16. The molecule has 1 radical (unpaired) electrons. The van der Waals surface area contributed by atoms with Crippen molar-refractivity contribution in [2.75, 3.05) is 0 Å². The van der Waals surface area contributed by atoms with E-state index in [-0.39, 0.29) is 6.08 Å². The third-order valence-electron chi connectivity index (χ3n) is 3.65. The molecular weight excluding hydrogens is 460 g/mol. The lowest BCUT2D eigenvalue weighted by molar-refractivity contribution is -0.445. The van der Waals surface area contributed by atoms with Gasteiger partial charge >= 0.3 is 41.7 Å². The van der Waals surface area contributed by atoms with E-state index in [1.807, 2.05) is 0 Å². The molecule has 0 bridgehead atoms. The first-order chi connectivity index (χ1) is 12.5. The van der Waals surface area contributed by atoms with Gasteiger partial charge in [0, 0.05) is 5.57 Å². The first-order valence-electron chi connectivity index (χ1n) is 6.76. The van der Waals surface area contributed by atoms with Crippen molar-refractivity contribution in [2.45, 2.75) is 54.3 Å². The Morgan fingerprint density at radius 1 is 0.655 bits per heavy atom. The smallest absolute Gasteiger partial charge is 0.233 e. The second kappa shape index (κ2) is 6.68. The Labute approximate surface area is 149 Å². The van der Waals surface area contributed by atoms with Crippen LogP contribution in [0.4, 0.5) is 70.2 Å². The molecule has 0 saturated heterocycles. The zero-order chi connectivity index (χ0) is 23.5. The van der Waals surface area contributed by atoms with Gasteiger partial charge in [-0.25, -0.2) is 4.39 Å². The van der Waals surface area contributed by atoms with Crippen molar-refractivity contribution in [2.24, 2.45) is 0 Å². The summed E-state index contributed by atoms with van der Waals surface area (Å²) >= 11 is 0. The summed E-state index contributed by atoms with van der Waals surface area (Å²) in [5.41, 5.74) is -1.89. The molecule has 0 N–H and O–H groups in total. The van der Waals surface area contributed by atoms with Gasteiger partial charge in [0.15, 0.2) is 0 Å². The molecule has 0 aromatic heterocycles. The van der Waals surface area contributed by atoms with Gasteiger partial charge in [-0.3, -0.25) is 0 Å². The van der Waals surface area contributed by atoms with Crippen LogP contribution >= 0.6 is 0 Å². The summed E-state index contributed by atoms with van der Waals surface area (Å²) in [5, 5.41) is 0. The highest BCUT2D eigenvalue weighted by molar-refractivity contribution is 5.32. The Kier molecular flexibility index (Phi) is 5.85. The average Bonchev–Trinajstić information content (AvgIpc) is 3.07. The molecule has 29 heavy (non-hydrogen) atoms. The topological polar surface area (TPSA) is 0 Å². The summed E-state index contributed by atoms with van der Waals surface area (Å²) < 4.78 is 208. The van der Waals surface area contributed by atoms with Gasteiger partial charge in [0.1, 0.15) is 0 Å². The Morgan fingerprint density at radius 2 is 1.07 bits per heavy atom. The fourth-order valence-corrected chi connectivity index (χ4v) is 1.94. The van der Waals surface area contributed by atoms with Gasteiger partial charge in [-0.2, -0.15) is 65.9 Å². The lowest BCUT2D eigenvalue weighted by atomic mass is 9.88. The Bertz CT molecular complexity index is 679. The third-order valence-corrected chi connectivity index (χ3v) is 3.65. The van der Waals surface area contributed by atoms with Crippen LogP contribution in [0.1, 0.15) is 6.42 Å².